The molecule has 0 radical (unpaired) electrons. The fraction of sp³-hybridized carbons (Fsp3) is 0.385. The zero-order valence-electron chi connectivity index (χ0n) is 11.1. The summed E-state index contributed by atoms with van der Waals surface area (Å²) in [6.07, 6.45) is -1.28. The van der Waals surface area contributed by atoms with Crippen LogP contribution in [0.4, 0.5) is 13.2 Å². The Kier molecular flexibility index (Phi) is 3.67. The van der Waals surface area contributed by atoms with Gasteiger partial charge in [0.15, 0.2) is 6.17 Å². The van der Waals surface area contributed by atoms with E-state index >= 15 is 0 Å². The first-order valence-electron chi connectivity index (χ1n) is 6.50. The van der Waals surface area contributed by atoms with E-state index < -0.39 is 23.6 Å². The molecule has 9 heteroatoms. The van der Waals surface area contributed by atoms with E-state index in [-0.39, 0.29) is 24.4 Å². The third-order valence-electron chi connectivity index (χ3n) is 3.58. The number of carbonyl (C=O) groups is 1. The van der Waals surface area contributed by atoms with Gasteiger partial charge in [0, 0.05) is 18.4 Å². The van der Waals surface area contributed by atoms with Crippen LogP contribution in [0.1, 0.15) is 18.0 Å². The van der Waals surface area contributed by atoms with Gasteiger partial charge in [-0.1, -0.05) is 30.3 Å². The standard InChI is InChI=1S/C13H12F3N3O2S/c14-9-6-10(8-4-2-1-3-5-8)19-11(9)18(7-17-19)22-13(15,16)12(20)21/h1-5,7,9-11H,6H2,(H,20,21)/t9-,10-,11?/m0/s1. The van der Waals surface area contributed by atoms with Crippen molar-refractivity contribution >= 4 is 24.3 Å². The Bertz CT molecular complexity index is 601. The molecule has 3 rings (SSSR count). The summed E-state index contributed by atoms with van der Waals surface area (Å²) >= 11 is -0.236. The molecule has 1 fully saturated rings. The molecule has 1 saturated heterocycles. The predicted octanol–water partition coefficient (Wildman–Crippen LogP) is 2.68. The van der Waals surface area contributed by atoms with Crippen molar-refractivity contribution in [2.45, 2.75) is 30.1 Å². The number of benzene rings is 1. The highest BCUT2D eigenvalue weighted by atomic mass is 32.2. The Morgan fingerprint density at radius 2 is 2.05 bits per heavy atom. The summed E-state index contributed by atoms with van der Waals surface area (Å²) in [5, 5.41) is 9.84. The number of aliphatic carboxylic acids is 1. The third-order valence-corrected chi connectivity index (χ3v) is 4.50. The van der Waals surface area contributed by atoms with Crippen molar-refractivity contribution < 1.29 is 23.1 Å². The lowest BCUT2D eigenvalue weighted by Gasteiger charge is -2.28. The Balaban J connectivity index is 1.79. The number of hydrogen-bond acceptors (Lipinski definition) is 5. The summed E-state index contributed by atoms with van der Waals surface area (Å²) < 4.78 is 41.8. The number of hydrogen-bond donors (Lipinski definition) is 1. The van der Waals surface area contributed by atoms with E-state index in [0.717, 1.165) is 16.2 Å². The number of halogens is 3. The van der Waals surface area contributed by atoms with Crippen LogP contribution in [0.5, 0.6) is 0 Å². The number of carboxylic acid groups (broad SMARTS) is 1. The van der Waals surface area contributed by atoms with Crippen LogP contribution in [0.3, 0.4) is 0 Å². The van der Waals surface area contributed by atoms with Crippen LogP contribution in [-0.4, -0.2) is 44.3 Å². The average Bonchev–Trinajstić information content (AvgIpc) is 3.02. The van der Waals surface area contributed by atoms with Gasteiger partial charge in [-0.15, -0.1) is 0 Å². The van der Waals surface area contributed by atoms with Crippen molar-refractivity contribution in [2.24, 2.45) is 5.10 Å². The van der Waals surface area contributed by atoms with Gasteiger partial charge in [0.1, 0.15) is 12.5 Å². The second-order valence-corrected chi connectivity index (χ2v) is 6.09. The minimum Gasteiger partial charge on any atom is -0.476 e. The lowest BCUT2D eigenvalue weighted by Crippen LogP contribution is -2.40. The first kappa shape index (κ1) is 15.0. The van der Waals surface area contributed by atoms with Crippen molar-refractivity contribution in [1.82, 2.24) is 9.31 Å². The number of hydrazone groups is 1. The summed E-state index contributed by atoms with van der Waals surface area (Å²) in [6, 6.07) is 8.71. The minimum atomic E-state index is -4.04. The number of carboxylic acids is 1. The molecule has 22 heavy (non-hydrogen) atoms. The van der Waals surface area contributed by atoms with Gasteiger partial charge in [-0.2, -0.15) is 13.9 Å². The highest BCUT2D eigenvalue weighted by molar-refractivity contribution is 7.99. The molecule has 1 N–H and O–H groups in total. The largest absolute Gasteiger partial charge is 0.476 e. The van der Waals surface area contributed by atoms with Crippen molar-refractivity contribution in [3.63, 3.8) is 0 Å². The maximum atomic E-state index is 14.3. The summed E-state index contributed by atoms with van der Waals surface area (Å²) in [4.78, 5) is 10.5. The Morgan fingerprint density at radius 3 is 2.68 bits per heavy atom. The summed E-state index contributed by atoms with van der Waals surface area (Å²) in [7, 11) is 0. The van der Waals surface area contributed by atoms with Gasteiger partial charge in [-0.05, 0) is 5.56 Å². The molecule has 2 aliphatic rings. The van der Waals surface area contributed by atoms with Gasteiger partial charge in [-0.3, -0.25) is 9.31 Å². The molecular formula is C13H12F3N3O2S. The summed E-state index contributed by atoms with van der Waals surface area (Å²) in [5.41, 5.74) is 0.835. The molecule has 0 aliphatic carbocycles. The average molecular weight is 331 g/mol. The molecule has 3 atom stereocenters. The van der Waals surface area contributed by atoms with Crippen LogP contribution < -0.4 is 0 Å². The molecule has 2 heterocycles. The van der Waals surface area contributed by atoms with E-state index in [0.29, 0.717) is 0 Å². The fourth-order valence-electron chi connectivity index (χ4n) is 2.61. The van der Waals surface area contributed by atoms with Gasteiger partial charge in [-0.25, -0.2) is 9.18 Å². The van der Waals surface area contributed by atoms with Crippen LogP contribution in [0.25, 0.3) is 0 Å². The Morgan fingerprint density at radius 1 is 1.36 bits per heavy atom. The molecule has 5 nitrogen and oxygen atoms in total. The molecule has 0 amide bonds. The maximum Gasteiger partial charge on any atom is 0.406 e. The molecular weight excluding hydrogens is 319 g/mol. The lowest BCUT2D eigenvalue weighted by atomic mass is 10.1. The summed E-state index contributed by atoms with van der Waals surface area (Å²) in [5.74, 6) is -2.27. The monoisotopic (exact) mass is 331 g/mol. The zero-order valence-corrected chi connectivity index (χ0v) is 12.0. The normalized spacial score (nSPS) is 27.3. The van der Waals surface area contributed by atoms with Gasteiger partial charge in [0.05, 0.1) is 6.04 Å². The second kappa shape index (κ2) is 5.38. The van der Waals surface area contributed by atoms with E-state index in [2.05, 4.69) is 5.10 Å². The second-order valence-electron chi connectivity index (χ2n) is 4.98. The number of rotatable bonds is 4. The molecule has 118 valence electrons. The van der Waals surface area contributed by atoms with Crippen LogP contribution in [0.15, 0.2) is 35.4 Å². The molecule has 0 spiro atoms. The van der Waals surface area contributed by atoms with Crippen molar-refractivity contribution in [3.05, 3.63) is 35.9 Å². The highest BCUT2D eigenvalue weighted by Crippen LogP contribution is 2.45. The van der Waals surface area contributed by atoms with Gasteiger partial charge in [0.25, 0.3) is 0 Å². The topological polar surface area (TPSA) is 56.1 Å². The van der Waals surface area contributed by atoms with E-state index in [1.54, 1.807) is 12.1 Å². The minimum absolute atomic E-state index is 0.113. The van der Waals surface area contributed by atoms with Crippen LogP contribution in [-0.2, 0) is 4.79 Å². The lowest BCUT2D eigenvalue weighted by molar-refractivity contribution is -0.153. The molecule has 0 aromatic heterocycles. The van der Waals surface area contributed by atoms with E-state index in [9.17, 15) is 18.0 Å². The third kappa shape index (κ3) is 2.49. The van der Waals surface area contributed by atoms with Crippen molar-refractivity contribution in [2.75, 3.05) is 0 Å². The molecule has 1 unspecified atom stereocenters. The fourth-order valence-corrected chi connectivity index (χ4v) is 3.38. The van der Waals surface area contributed by atoms with Crippen molar-refractivity contribution in [1.29, 1.82) is 0 Å². The molecule has 1 aromatic carbocycles. The summed E-state index contributed by atoms with van der Waals surface area (Å²) in [6.45, 7) is 0. The number of alkyl halides is 3. The Hall–Kier alpha value is -1.90. The quantitative estimate of drug-likeness (QED) is 0.860. The molecule has 1 aromatic rings. The van der Waals surface area contributed by atoms with Gasteiger partial charge < -0.3 is 5.11 Å². The number of fused-ring (bicyclic) bond motifs is 1. The van der Waals surface area contributed by atoms with Gasteiger partial charge in [0.2, 0.25) is 0 Å². The van der Waals surface area contributed by atoms with Crippen LogP contribution >= 0.6 is 11.9 Å². The SMILES string of the molecule is O=C(O)C(F)(F)SN1C=NN2C1[C@@H](F)C[C@H]2c1ccccc1. The molecule has 2 aliphatic heterocycles. The smallest absolute Gasteiger partial charge is 0.406 e. The van der Waals surface area contributed by atoms with E-state index in [1.807, 2.05) is 18.2 Å². The maximum absolute atomic E-state index is 14.3. The zero-order chi connectivity index (χ0) is 15.9. The first-order chi connectivity index (χ1) is 10.4. The van der Waals surface area contributed by atoms with Crippen molar-refractivity contribution in [3.8, 4) is 0 Å². The Labute approximate surface area is 128 Å². The van der Waals surface area contributed by atoms with Gasteiger partial charge >= 0.3 is 11.2 Å². The molecule has 0 saturated carbocycles. The first-order valence-corrected chi connectivity index (χ1v) is 7.27. The van der Waals surface area contributed by atoms with Crippen LogP contribution in [0.2, 0.25) is 0 Å². The van der Waals surface area contributed by atoms with E-state index in [1.165, 1.54) is 5.01 Å². The number of nitrogens with zero attached hydrogens (tertiary/aromatic N) is 3. The predicted molar refractivity (Wildman–Crippen MR) is 74.8 cm³/mol. The van der Waals surface area contributed by atoms with E-state index in [4.69, 9.17) is 5.11 Å². The molecule has 0 bridgehead atoms. The van der Waals surface area contributed by atoms with Crippen LogP contribution in [0, 0.1) is 0 Å². The highest BCUT2D eigenvalue weighted by Gasteiger charge is 2.52.